The molecule has 0 spiro atoms. The molecule has 1 fully saturated rings. The van der Waals surface area contributed by atoms with Crippen LogP contribution in [0.2, 0.25) is 5.02 Å². The van der Waals surface area contributed by atoms with Crippen LogP contribution in [-0.4, -0.2) is 31.1 Å². The minimum Gasteiger partial charge on any atom is -0.314 e. The molecule has 1 atom stereocenters. The molecule has 1 aromatic carbocycles. The van der Waals surface area contributed by atoms with Crippen LogP contribution in [0.4, 0.5) is 4.39 Å². The summed E-state index contributed by atoms with van der Waals surface area (Å²) in [5.41, 5.74) is 1.63. The number of nitrogens with one attached hydrogen (secondary N) is 1. The molecule has 1 aromatic rings. The molecule has 122 valence electrons. The van der Waals surface area contributed by atoms with Crippen molar-refractivity contribution in [2.45, 2.75) is 38.6 Å². The third kappa shape index (κ3) is 4.31. The summed E-state index contributed by atoms with van der Waals surface area (Å²) in [5.74, 6) is -0.178. The van der Waals surface area contributed by atoms with E-state index in [0.29, 0.717) is 10.6 Å². The highest BCUT2D eigenvalue weighted by atomic mass is 35.5. The Morgan fingerprint density at radius 1 is 1.36 bits per heavy atom. The lowest BCUT2D eigenvalue weighted by Gasteiger charge is -2.36. The summed E-state index contributed by atoms with van der Waals surface area (Å²) in [5, 5.41) is 3.95. The monoisotopic (exact) mass is 324 g/mol. The zero-order valence-electron chi connectivity index (χ0n) is 13.4. The maximum atomic E-state index is 14.5. The number of aryl methyl sites for hydroxylation is 1. The van der Waals surface area contributed by atoms with E-state index in [1.807, 2.05) is 13.0 Å². The molecule has 0 bridgehead atoms. The minimum atomic E-state index is -0.178. The lowest BCUT2D eigenvalue weighted by Crippen LogP contribution is -2.45. The van der Waals surface area contributed by atoms with Gasteiger partial charge in [-0.25, -0.2) is 4.39 Å². The SMILES string of the molecule is C=CCCCC[C@@H](c1c(F)ccc(C)c1Cl)N1CCNCC1. The summed E-state index contributed by atoms with van der Waals surface area (Å²) < 4.78 is 14.5. The second-order valence-electron chi connectivity index (χ2n) is 5.97. The number of hydrogen-bond donors (Lipinski definition) is 1. The number of piperazine rings is 1. The third-order valence-electron chi connectivity index (χ3n) is 4.38. The molecule has 1 heterocycles. The topological polar surface area (TPSA) is 15.3 Å². The fourth-order valence-electron chi connectivity index (χ4n) is 3.11. The summed E-state index contributed by atoms with van der Waals surface area (Å²) in [4.78, 5) is 2.37. The molecule has 4 heteroatoms. The standard InChI is InChI=1S/C18H26ClFN2/c1-3-4-5-6-7-16(22-12-10-21-11-13-22)17-15(20)9-8-14(2)18(17)19/h3,8-9,16,21H,1,4-7,10-13H2,2H3/t16-/m0/s1. The van der Waals surface area contributed by atoms with Gasteiger partial charge in [-0.15, -0.1) is 6.58 Å². The second-order valence-corrected chi connectivity index (χ2v) is 6.34. The van der Waals surface area contributed by atoms with Crippen molar-refractivity contribution in [2.24, 2.45) is 0 Å². The quantitative estimate of drug-likeness (QED) is 0.587. The van der Waals surface area contributed by atoms with Crippen LogP contribution in [0.25, 0.3) is 0 Å². The van der Waals surface area contributed by atoms with Crippen LogP contribution >= 0.6 is 11.6 Å². The number of halogens is 2. The number of hydrogen-bond acceptors (Lipinski definition) is 2. The molecule has 0 saturated carbocycles. The van der Waals surface area contributed by atoms with Gasteiger partial charge in [-0.3, -0.25) is 4.90 Å². The van der Waals surface area contributed by atoms with Crippen molar-refractivity contribution in [1.82, 2.24) is 10.2 Å². The van der Waals surface area contributed by atoms with Crippen molar-refractivity contribution in [3.63, 3.8) is 0 Å². The number of rotatable bonds is 7. The molecular formula is C18H26ClFN2. The lowest BCUT2D eigenvalue weighted by atomic mass is 9.96. The highest BCUT2D eigenvalue weighted by molar-refractivity contribution is 6.32. The van der Waals surface area contributed by atoms with Gasteiger partial charge >= 0.3 is 0 Å². The average Bonchev–Trinajstić information content (AvgIpc) is 2.54. The van der Waals surface area contributed by atoms with Crippen LogP contribution in [0.3, 0.4) is 0 Å². The fraction of sp³-hybridized carbons (Fsp3) is 0.556. The zero-order valence-corrected chi connectivity index (χ0v) is 14.1. The molecule has 2 nitrogen and oxygen atoms in total. The van der Waals surface area contributed by atoms with E-state index < -0.39 is 0 Å². The maximum absolute atomic E-state index is 14.5. The van der Waals surface area contributed by atoms with Crippen LogP contribution in [0, 0.1) is 12.7 Å². The number of benzene rings is 1. The highest BCUT2D eigenvalue weighted by Gasteiger charge is 2.26. The van der Waals surface area contributed by atoms with Gasteiger partial charge in [-0.2, -0.15) is 0 Å². The smallest absolute Gasteiger partial charge is 0.129 e. The van der Waals surface area contributed by atoms with E-state index in [0.717, 1.165) is 57.4 Å². The van der Waals surface area contributed by atoms with Gasteiger partial charge in [0.2, 0.25) is 0 Å². The molecule has 0 unspecified atom stereocenters. The molecule has 1 aliphatic rings. The largest absolute Gasteiger partial charge is 0.314 e. The Morgan fingerprint density at radius 2 is 2.09 bits per heavy atom. The maximum Gasteiger partial charge on any atom is 0.129 e. The van der Waals surface area contributed by atoms with E-state index in [9.17, 15) is 4.39 Å². The number of allylic oxidation sites excluding steroid dienone is 1. The van der Waals surface area contributed by atoms with E-state index in [1.54, 1.807) is 12.1 Å². The Balaban J connectivity index is 2.22. The predicted octanol–water partition coefficient (Wildman–Crippen LogP) is 4.48. The van der Waals surface area contributed by atoms with Crippen molar-refractivity contribution in [1.29, 1.82) is 0 Å². The third-order valence-corrected chi connectivity index (χ3v) is 4.88. The molecule has 0 amide bonds. The first-order valence-electron chi connectivity index (χ1n) is 8.15. The Morgan fingerprint density at radius 3 is 2.77 bits per heavy atom. The predicted molar refractivity (Wildman–Crippen MR) is 92.0 cm³/mol. The van der Waals surface area contributed by atoms with Crippen molar-refractivity contribution >= 4 is 11.6 Å². The van der Waals surface area contributed by atoms with Gasteiger partial charge in [0.1, 0.15) is 5.82 Å². The fourth-order valence-corrected chi connectivity index (χ4v) is 3.39. The Bertz CT molecular complexity index is 498. The first-order chi connectivity index (χ1) is 10.6. The van der Waals surface area contributed by atoms with Crippen LogP contribution in [-0.2, 0) is 0 Å². The van der Waals surface area contributed by atoms with E-state index >= 15 is 0 Å². The summed E-state index contributed by atoms with van der Waals surface area (Å²) in [6.45, 7) is 9.49. The molecule has 0 aliphatic carbocycles. The van der Waals surface area contributed by atoms with E-state index in [2.05, 4.69) is 16.8 Å². The average molecular weight is 325 g/mol. The van der Waals surface area contributed by atoms with Gasteiger partial charge in [-0.1, -0.05) is 30.2 Å². The molecule has 1 saturated heterocycles. The summed E-state index contributed by atoms with van der Waals surface area (Å²) >= 11 is 6.45. The van der Waals surface area contributed by atoms with Crippen LogP contribution in [0.5, 0.6) is 0 Å². The molecule has 0 radical (unpaired) electrons. The molecular weight excluding hydrogens is 299 g/mol. The van der Waals surface area contributed by atoms with Gasteiger partial charge < -0.3 is 5.32 Å². The van der Waals surface area contributed by atoms with Crippen LogP contribution in [0.1, 0.15) is 42.9 Å². The Hall–Kier alpha value is -0.900. The van der Waals surface area contributed by atoms with Crippen molar-refractivity contribution in [3.8, 4) is 0 Å². The second kappa shape index (κ2) is 8.66. The number of nitrogens with zero attached hydrogens (tertiary/aromatic N) is 1. The van der Waals surface area contributed by atoms with Crippen molar-refractivity contribution in [3.05, 3.63) is 46.8 Å². The highest BCUT2D eigenvalue weighted by Crippen LogP contribution is 2.35. The molecule has 22 heavy (non-hydrogen) atoms. The number of unbranched alkanes of at least 4 members (excludes halogenated alkanes) is 2. The van der Waals surface area contributed by atoms with Gasteiger partial charge in [0, 0.05) is 37.8 Å². The van der Waals surface area contributed by atoms with Crippen LogP contribution < -0.4 is 5.32 Å². The lowest BCUT2D eigenvalue weighted by molar-refractivity contribution is 0.160. The van der Waals surface area contributed by atoms with E-state index in [1.165, 1.54) is 0 Å². The summed E-state index contributed by atoms with van der Waals surface area (Å²) in [7, 11) is 0. The summed E-state index contributed by atoms with van der Waals surface area (Å²) in [6.07, 6.45) is 6.05. The van der Waals surface area contributed by atoms with Gasteiger partial charge in [0.15, 0.2) is 0 Å². The van der Waals surface area contributed by atoms with Gasteiger partial charge in [-0.05, 0) is 37.8 Å². The van der Waals surface area contributed by atoms with Crippen molar-refractivity contribution < 1.29 is 4.39 Å². The van der Waals surface area contributed by atoms with Crippen LogP contribution in [0.15, 0.2) is 24.8 Å². The first-order valence-corrected chi connectivity index (χ1v) is 8.53. The normalized spacial score (nSPS) is 17.4. The molecule has 1 aliphatic heterocycles. The molecule has 1 N–H and O–H groups in total. The Labute approximate surface area is 138 Å². The van der Waals surface area contributed by atoms with E-state index in [-0.39, 0.29) is 11.9 Å². The van der Waals surface area contributed by atoms with Crippen molar-refractivity contribution in [2.75, 3.05) is 26.2 Å². The zero-order chi connectivity index (χ0) is 15.9. The van der Waals surface area contributed by atoms with E-state index in [4.69, 9.17) is 11.6 Å². The van der Waals surface area contributed by atoms with Gasteiger partial charge in [0.05, 0.1) is 5.02 Å². The minimum absolute atomic E-state index is 0.0688. The Kier molecular flexibility index (Phi) is 6.87. The molecule has 0 aromatic heterocycles. The molecule has 2 rings (SSSR count). The summed E-state index contributed by atoms with van der Waals surface area (Å²) in [6, 6.07) is 3.38. The van der Waals surface area contributed by atoms with Gasteiger partial charge in [0.25, 0.3) is 0 Å². The first kappa shape index (κ1) is 17.5.